The van der Waals surface area contributed by atoms with E-state index in [9.17, 15) is 0 Å². The van der Waals surface area contributed by atoms with Crippen molar-refractivity contribution in [2.45, 2.75) is 90.6 Å². The number of aromatic amines is 1. The van der Waals surface area contributed by atoms with Crippen LogP contribution in [0.4, 0.5) is 5.82 Å². The Bertz CT molecular complexity index is 662. The van der Waals surface area contributed by atoms with Gasteiger partial charge in [0.25, 0.3) is 0 Å². The van der Waals surface area contributed by atoms with Crippen molar-refractivity contribution in [3.63, 3.8) is 0 Å². The summed E-state index contributed by atoms with van der Waals surface area (Å²) < 4.78 is 0. The first-order valence-electron chi connectivity index (χ1n) is 11.9. The van der Waals surface area contributed by atoms with Crippen LogP contribution in [-0.4, -0.2) is 28.2 Å². The van der Waals surface area contributed by atoms with Gasteiger partial charge < -0.3 is 5.32 Å². The monoisotopic (exact) mass is 396 g/mol. The average Bonchev–Trinajstić information content (AvgIpc) is 3.15. The molecule has 0 amide bonds. The first-order valence-corrected chi connectivity index (χ1v) is 11.9. The fraction of sp³-hybridized carbons (Fsp3) is 0.640. The maximum atomic E-state index is 4.24. The number of hydrogen-bond acceptors (Lipinski definition) is 3. The maximum absolute atomic E-state index is 4.24. The van der Waals surface area contributed by atoms with Crippen molar-refractivity contribution in [2.75, 3.05) is 18.4 Å². The minimum absolute atomic E-state index is 0.814. The predicted molar refractivity (Wildman–Crippen MR) is 123 cm³/mol. The lowest BCUT2D eigenvalue weighted by Gasteiger charge is -2.23. The highest BCUT2D eigenvalue weighted by molar-refractivity contribution is 5.36. The summed E-state index contributed by atoms with van der Waals surface area (Å²) in [5.41, 5.74) is 3.82. The second kappa shape index (κ2) is 12.7. The van der Waals surface area contributed by atoms with Crippen LogP contribution in [0.15, 0.2) is 30.3 Å². The van der Waals surface area contributed by atoms with Crippen molar-refractivity contribution in [3.8, 4) is 0 Å². The third kappa shape index (κ3) is 8.61. The Hall–Kier alpha value is -1.81. The second-order valence-electron chi connectivity index (χ2n) is 8.77. The number of rotatable bonds is 5. The first kappa shape index (κ1) is 21.9. The zero-order valence-corrected chi connectivity index (χ0v) is 18.4. The minimum atomic E-state index is 0.814. The highest BCUT2D eigenvalue weighted by Gasteiger charge is 2.07. The van der Waals surface area contributed by atoms with E-state index in [1.165, 1.54) is 94.8 Å². The Labute approximate surface area is 177 Å². The smallest absolute Gasteiger partial charge is 0.148 e. The molecule has 0 saturated carbocycles. The van der Waals surface area contributed by atoms with E-state index < -0.39 is 0 Å². The zero-order chi connectivity index (χ0) is 20.2. The van der Waals surface area contributed by atoms with Crippen LogP contribution in [0.3, 0.4) is 0 Å². The van der Waals surface area contributed by atoms with E-state index in [-0.39, 0.29) is 0 Å². The van der Waals surface area contributed by atoms with E-state index in [4.69, 9.17) is 0 Å². The molecule has 2 N–H and O–H groups in total. The quantitative estimate of drug-likeness (QED) is 0.611. The summed E-state index contributed by atoms with van der Waals surface area (Å²) in [4.78, 5) is 2.69. The number of H-pyrrole nitrogens is 1. The van der Waals surface area contributed by atoms with Crippen molar-refractivity contribution in [1.29, 1.82) is 0 Å². The number of nitrogens with zero attached hydrogens (tertiary/aromatic N) is 2. The Balaban J connectivity index is 1.46. The van der Waals surface area contributed by atoms with E-state index in [0.717, 1.165) is 24.6 Å². The molecule has 0 unspecified atom stereocenters. The van der Waals surface area contributed by atoms with E-state index in [1.807, 2.05) is 13.0 Å². The third-order valence-corrected chi connectivity index (χ3v) is 6.06. The molecule has 0 aliphatic carbocycles. The summed E-state index contributed by atoms with van der Waals surface area (Å²) in [7, 11) is 0. The molecule has 2 heterocycles. The molecule has 1 fully saturated rings. The lowest BCUT2D eigenvalue weighted by Crippen LogP contribution is -2.25. The Kier molecular flexibility index (Phi) is 9.58. The van der Waals surface area contributed by atoms with Crippen LogP contribution >= 0.6 is 0 Å². The Morgan fingerprint density at radius 2 is 1.31 bits per heavy atom. The van der Waals surface area contributed by atoms with Crippen molar-refractivity contribution in [3.05, 3.63) is 47.2 Å². The van der Waals surface area contributed by atoms with Crippen molar-refractivity contribution in [1.82, 2.24) is 15.1 Å². The normalized spacial score (nSPS) is 18.2. The molecule has 0 spiro atoms. The van der Waals surface area contributed by atoms with E-state index in [2.05, 4.69) is 44.7 Å². The molecule has 2 aromatic rings. The van der Waals surface area contributed by atoms with Crippen molar-refractivity contribution >= 4 is 5.82 Å². The minimum Gasteiger partial charge on any atom is -0.365 e. The molecule has 3 rings (SSSR count). The third-order valence-electron chi connectivity index (χ3n) is 6.06. The van der Waals surface area contributed by atoms with Gasteiger partial charge in [-0.25, -0.2) is 0 Å². The molecule has 1 aliphatic rings. The van der Waals surface area contributed by atoms with Crippen LogP contribution in [-0.2, 0) is 13.1 Å². The fourth-order valence-electron chi connectivity index (χ4n) is 4.25. The summed E-state index contributed by atoms with van der Waals surface area (Å²) in [5.74, 6) is 0.914. The van der Waals surface area contributed by atoms with Gasteiger partial charge in [-0.15, -0.1) is 0 Å². The van der Waals surface area contributed by atoms with E-state index >= 15 is 0 Å². The van der Waals surface area contributed by atoms with Crippen molar-refractivity contribution in [2.24, 2.45) is 0 Å². The van der Waals surface area contributed by atoms with Gasteiger partial charge >= 0.3 is 0 Å². The molecule has 1 aromatic carbocycles. The van der Waals surface area contributed by atoms with Gasteiger partial charge in [-0.1, -0.05) is 82.1 Å². The summed E-state index contributed by atoms with van der Waals surface area (Å²) >= 11 is 0. The highest BCUT2D eigenvalue weighted by Crippen LogP contribution is 2.16. The summed E-state index contributed by atoms with van der Waals surface area (Å²) in [6, 6.07) is 11.2. The SMILES string of the molecule is Cc1cc(NCc2ccc(CN3CCCCCCCCCCCCC3)cc2)n[nH]1. The Morgan fingerprint density at radius 1 is 0.793 bits per heavy atom. The second-order valence-corrected chi connectivity index (χ2v) is 8.77. The summed E-state index contributed by atoms with van der Waals surface area (Å²) in [6.45, 7) is 6.43. The number of anilines is 1. The van der Waals surface area contributed by atoms with Gasteiger partial charge in [-0.3, -0.25) is 10.00 Å². The lowest BCUT2D eigenvalue weighted by atomic mass is 10.0. The van der Waals surface area contributed by atoms with Crippen LogP contribution in [0.1, 0.15) is 87.4 Å². The van der Waals surface area contributed by atoms with Gasteiger partial charge in [0.05, 0.1) is 0 Å². The van der Waals surface area contributed by atoms with Gasteiger partial charge in [-0.2, -0.15) is 5.10 Å². The van der Waals surface area contributed by atoms with Crippen LogP contribution in [0.25, 0.3) is 0 Å². The Morgan fingerprint density at radius 3 is 1.83 bits per heavy atom. The molecular weight excluding hydrogens is 356 g/mol. The largest absolute Gasteiger partial charge is 0.365 e. The van der Waals surface area contributed by atoms with E-state index in [0.29, 0.717) is 0 Å². The standard InChI is InChI=1S/C25H40N4/c1-22-19-25(28-27-22)26-20-23-13-15-24(16-14-23)21-29-17-11-9-7-5-3-2-4-6-8-10-12-18-29/h13-16,19H,2-12,17-18,20-21H2,1H3,(H2,26,27,28). The number of hydrogen-bond donors (Lipinski definition) is 2. The maximum Gasteiger partial charge on any atom is 0.148 e. The van der Waals surface area contributed by atoms with Gasteiger partial charge in [0, 0.05) is 24.8 Å². The van der Waals surface area contributed by atoms with Gasteiger partial charge in [0.15, 0.2) is 0 Å². The lowest BCUT2D eigenvalue weighted by molar-refractivity contribution is 0.251. The molecule has 1 saturated heterocycles. The molecular formula is C25H40N4. The summed E-state index contributed by atoms with van der Waals surface area (Å²) in [6.07, 6.45) is 15.6. The van der Waals surface area contributed by atoms with Crippen LogP contribution in [0.5, 0.6) is 0 Å². The van der Waals surface area contributed by atoms with Gasteiger partial charge in [0.1, 0.15) is 5.82 Å². The van der Waals surface area contributed by atoms with Crippen LogP contribution in [0, 0.1) is 6.92 Å². The molecule has 29 heavy (non-hydrogen) atoms. The molecule has 0 radical (unpaired) electrons. The first-order chi connectivity index (χ1) is 14.3. The van der Waals surface area contributed by atoms with Crippen LogP contribution < -0.4 is 5.32 Å². The van der Waals surface area contributed by atoms with Gasteiger partial charge in [0.2, 0.25) is 0 Å². The summed E-state index contributed by atoms with van der Waals surface area (Å²) in [5, 5.41) is 10.6. The topological polar surface area (TPSA) is 44.0 Å². The molecule has 1 aliphatic heterocycles. The molecule has 4 heteroatoms. The highest BCUT2D eigenvalue weighted by atomic mass is 15.2. The molecule has 0 bridgehead atoms. The number of nitrogens with one attached hydrogen (secondary N) is 2. The molecule has 1 aromatic heterocycles. The van der Waals surface area contributed by atoms with Crippen LogP contribution in [0.2, 0.25) is 0 Å². The fourth-order valence-corrected chi connectivity index (χ4v) is 4.25. The predicted octanol–water partition coefficient (Wildman–Crippen LogP) is 6.44. The number of benzene rings is 1. The molecule has 160 valence electrons. The number of aromatic nitrogens is 2. The zero-order valence-electron chi connectivity index (χ0n) is 18.4. The average molecular weight is 397 g/mol. The number of aryl methyl sites for hydroxylation is 1. The molecule has 0 atom stereocenters. The van der Waals surface area contributed by atoms with Gasteiger partial charge in [-0.05, 0) is 44.0 Å². The molecule has 4 nitrogen and oxygen atoms in total. The van der Waals surface area contributed by atoms with E-state index in [1.54, 1.807) is 0 Å². The van der Waals surface area contributed by atoms with Crippen molar-refractivity contribution < 1.29 is 0 Å².